The predicted octanol–water partition coefficient (Wildman–Crippen LogP) is 6.57. The van der Waals surface area contributed by atoms with Gasteiger partial charge < -0.3 is 10.6 Å². The zero-order valence-electron chi connectivity index (χ0n) is 17.9. The van der Waals surface area contributed by atoms with Crippen molar-refractivity contribution < 1.29 is 18.0 Å². The van der Waals surface area contributed by atoms with Crippen molar-refractivity contribution in [1.29, 1.82) is 5.26 Å². The third-order valence-corrected chi connectivity index (χ3v) is 8.76. The third-order valence-electron chi connectivity index (χ3n) is 6.25. The van der Waals surface area contributed by atoms with Gasteiger partial charge in [0.1, 0.15) is 21.9 Å². The smallest absolute Gasteiger partial charge is 0.361 e. The number of aromatic nitrogens is 2. The van der Waals surface area contributed by atoms with Crippen LogP contribution in [0.15, 0.2) is 17.5 Å². The Morgan fingerprint density at radius 1 is 1.44 bits per heavy atom. The lowest BCUT2D eigenvalue weighted by Crippen LogP contribution is -2.35. The lowest BCUT2D eigenvalue weighted by Gasteiger charge is -2.32. The SMILES string of the molecule is C[C@@H]1CCc2c(sc(NC(=O)c3nn4c(c3Cl)N[C@H](c3cccs3)C[C@@H]4C(F)(F)F)c2C#N)C1. The van der Waals surface area contributed by atoms with E-state index >= 15 is 0 Å². The first-order valence-corrected chi connectivity index (χ1v) is 12.8. The fraction of sp³-hybridized carbons (Fsp3) is 0.409. The van der Waals surface area contributed by atoms with Crippen LogP contribution in [0.2, 0.25) is 5.02 Å². The van der Waals surface area contributed by atoms with Crippen LogP contribution in [-0.4, -0.2) is 21.9 Å². The van der Waals surface area contributed by atoms with Crippen molar-refractivity contribution in [3.8, 4) is 6.07 Å². The molecule has 1 aliphatic carbocycles. The summed E-state index contributed by atoms with van der Waals surface area (Å²) in [5, 5.41) is 21.3. The van der Waals surface area contributed by atoms with Crippen LogP contribution in [0.3, 0.4) is 0 Å². The summed E-state index contributed by atoms with van der Waals surface area (Å²) < 4.78 is 42.5. The molecule has 34 heavy (non-hydrogen) atoms. The second-order valence-electron chi connectivity index (χ2n) is 8.58. The molecular formula is C22H19ClF3N5OS2. The van der Waals surface area contributed by atoms with Gasteiger partial charge in [0, 0.05) is 16.2 Å². The highest BCUT2D eigenvalue weighted by molar-refractivity contribution is 7.16. The minimum absolute atomic E-state index is 0.0430. The van der Waals surface area contributed by atoms with Gasteiger partial charge in [-0.3, -0.25) is 4.79 Å². The van der Waals surface area contributed by atoms with E-state index in [0.717, 1.165) is 39.3 Å². The van der Waals surface area contributed by atoms with Crippen molar-refractivity contribution in [2.45, 2.75) is 50.9 Å². The molecule has 5 rings (SSSR count). The molecule has 0 unspecified atom stereocenters. The highest BCUT2D eigenvalue weighted by atomic mass is 35.5. The number of nitriles is 1. The molecule has 3 aromatic heterocycles. The van der Waals surface area contributed by atoms with Gasteiger partial charge in [0.2, 0.25) is 0 Å². The molecule has 0 fully saturated rings. The summed E-state index contributed by atoms with van der Waals surface area (Å²) in [5.41, 5.74) is 1.03. The molecule has 4 heterocycles. The molecule has 3 aromatic rings. The van der Waals surface area contributed by atoms with E-state index in [1.807, 2.05) is 0 Å². The van der Waals surface area contributed by atoms with Crippen LogP contribution in [0, 0.1) is 17.2 Å². The number of anilines is 2. The summed E-state index contributed by atoms with van der Waals surface area (Å²) >= 11 is 9.08. The summed E-state index contributed by atoms with van der Waals surface area (Å²) in [6.07, 6.45) is -2.31. The molecule has 0 radical (unpaired) electrons. The number of hydrogen-bond acceptors (Lipinski definition) is 6. The molecule has 2 N–H and O–H groups in total. The fourth-order valence-corrected chi connectivity index (χ4v) is 6.94. The number of halogens is 4. The number of nitrogens with one attached hydrogen (secondary N) is 2. The summed E-state index contributed by atoms with van der Waals surface area (Å²) in [5.74, 6) is -0.304. The monoisotopic (exact) mass is 525 g/mol. The maximum atomic E-state index is 13.9. The second kappa shape index (κ2) is 8.59. The topological polar surface area (TPSA) is 82.7 Å². The zero-order chi connectivity index (χ0) is 24.2. The molecule has 0 spiro atoms. The van der Waals surface area contributed by atoms with Crippen molar-refractivity contribution in [2.75, 3.05) is 10.6 Å². The normalized spacial score (nSPS) is 21.8. The van der Waals surface area contributed by atoms with E-state index in [9.17, 15) is 23.2 Å². The van der Waals surface area contributed by atoms with Crippen LogP contribution in [0.5, 0.6) is 0 Å². The minimum Gasteiger partial charge on any atom is -0.361 e. The van der Waals surface area contributed by atoms with Crippen molar-refractivity contribution in [3.63, 3.8) is 0 Å². The van der Waals surface area contributed by atoms with Crippen LogP contribution in [0.25, 0.3) is 0 Å². The number of hydrogen-bond donors (Lipinski definition) is 2. The Morgan fingerprint density at radius 2 is 2.24 bits per heavy atom. The fourth-order valence-electron chi connectivity index (χ4n) is 4.53. The van der Waals surface area contributed by atoms with Crippen molar-refractivity contribution in [2.24, 2.45) is 5.92 Å². The van der Waals surface area contributed by atoms with Gasteiger partial charge in [0.15, 0.2) is 11.7 Å². The highest BCUT2D eigenvalue weighted by Crippen LogP contribution is 2.47. The Labute approximate surface area is 206 Å². The predicted molar refractivity (Wildman–Crippen MR) is 126 cm³/mol. The van der Waals surface area contributed by atoms with E-state index in [2.05, 4.69) is 28.7 Å². The van der Waals surface area contributed by atoms with E-state index in [1.165, 1.54) is 22.7 Å². The lowest BCUT2D eigenvalue weighted by molar-refractivity contribution is -0.173. The quantitative estimate of drug-likeness (QED) is 0.405. The Balaban J connectivity index is 1.49. The maximum Gasteiger partial charge on any atom is 0.410 e. The van der Waals surface area contributed by atoms with Gasteiger partial charge in [0.25, 0.3) is 5.91 Å². The average molecular weight is 526 g/mol. The van der Waals surface area contributed by atoms with Crippen LogP contribution in [0.1, 0.15) is 63.2 Å². The maximum absolute atomic E-state index is 13.9. The van der Waals surface area contributed by atoms with Gasteiger partial charge in [-0.1, -0.05) is 24.6 Å². The number of carbonyl (C=O) groups is 1. The van der Waals surface area contributed by atoms with Crippen LogP contribution in [-0.2, 0) is 12.8 Å². The summed E-state index contributed by atoms with van der Waals surface area (Å²) in [6.45, 7) is 2.13. The van der Waals surface area contributed by atoms with Gasteiger partial charge in [-0.15, -0.1) is 22.7 Å². The number of amides is 1. The Morgan fingerprint density at radius 3 is 2.91 bits per heavy atom. The third kappa shape index (κ3) is 3.97. The van der Waals surface area contributed by atoms with Crippen molar-refractivity contribution in [1.82, 2.24) is 9.78 Å². The van der Waals surface area contributed by atoms with E-state index in [4.69, 9.17) is 11.6 Å². The second-order valence-corrected chi connectivity index (χ2v) is 11.0. The first-order valence-electron chi connectivity index (χ1n) is 10.7. The molecule has 0 aromatic carbocycles. The number of carbonyl (C=O) groups excluding carboxylic acids is 1. The van der Waals surface area contributed by atoms with Gasteiger partial charge in [-0.2, -0.15) is 23.5 Å². The first kappa shape index (κ1) is 23.2. The number of alkyl halides is 3. The molecule has 0 bridgehead atoms. The lowest BCUT2D eigenvalue weighted by atomic mass is 9.89. The molecule has 0 saturated carbocycles. The van der Waals surface area contributed by atoms with Crippen molar-refractivity contribution >= 4 is 51.0 Å². The summed E-state index contributed by atoms with van der Waals surface area (Å²) in [4.78, 5) is 14.9. The van der Waals surface area contributed by atoms with E-state index < -0.39 is 24.2 Å². The van der Waals surface area contributed by atoms with E-state index in [-0.39, 0.29) is 23.0 Å². The molecule has 0 saturated heterocycles. The van der Waals surface area contributed by atoms with Crippen LogP contribution in [0.4, 0.5) is 24.0 Å². The van der Waals surface area contributed by atoms with Crippen molar-refractivity contribution in [3.05, 3.63) is 49.1 Å². The van der Waals surface area contributed by atoms with E-state index in [0.29, 0.717) is 16.5 Å². The van der Waals surface area contributed by atoms with Gasteiger partial charge in [-0.25, -0.2) is 4.68 Å². The highest BCUT2D eigenvalue weighted by Gasteiger charge is 2.48. The Bertz CT molecular complexity index is 1290. The molecule has 12 heteroatoms. The van der Waals surface area contributed by atoms with Gasteiger partial charge in [0.05, 0.1) is 11.6 Å². The number of fused-ring (bicyclic) bond motifs is 2. The molecule has 3 atom stereocenters. The minimum atomic E-state index is -4.58. The molecule has 1 aliphatic heterocycles. The Hall–Kier alpha value is -2.55. The van der Waals surface area contributed by atoms with Gasteiger partial charge in [-0.05, 0) is 42.2 Å². The molecule has 2 aliphatic rings. The molecular weight excluding hydrogens is 507 g/mol. The van der Waals surface area contributed by atoms with E-state index in [1.54, 1.807) is 17.5 Å². The summed E-state index contributed by atoms with van der Waals surface area (Å²) in [7, 11) is 0. The molecule has 178 valence electrons. The number of rotatable bonds is 3. The first-order chi connectivity index (χ1) is 16.2. The summed E-state index contributed by atoms with van der Waals surface area (Å²) in [6, 6.07) is 3.15. The van der Waals surface area contributed by atoms with Gasteiger partial charge >= 0.3 is 6.18 Å². The average Bonchev–Trinajstić information content (AvgIpc) is 3.50. The van der Waals surface area contributed by atoms with Crippen LogP contribution >= 0.6 is 34.3 Å². The number of thiophene rings is 2. The number of nitrogens with zero attached hydrogens (tertiary/aromatic N) is 3. The largest absolute Gasteiger partial charge is 0.410 e. The molecule has 1 amide bonds. The van der Waals surface area contributed by atoms with Crippen LogP contribution < -0.4 is 10.6 Å². The standard InChI is InChI=1S/C22H19ClF3N5OS2/c1-10-4-5-11-12(9-27)21(34-15(11)7-10)29-20(32)18-17(23)19-28-13(14-3-2-6-33-14)8-16(22(24,25)26)31(19)30-18/h2-3,6,10,13,16,28H,4-5,7-8H2,1H3,(H,29,32)/t10-,13+,16-/m1/s1. The Kier molecular flexibility index (Phi) is 5.86. The zero-order valence-corrected chi connectivity index (χ0v) is 20.3. The molecule has 6 nitrogen and oxygen atoms in total.